The molecule has 88 valence electrons. The number of hydrogen-bond donors (Lipinski definition) is 1. The largest absolute Gasteiger partial charge is 0.361 e. The molecule has 17 heavy (non-hydrogen) atoms. The third-order valence-electron chi connectivity index (χ3n) is 1.97. The van der Waals surface area contributed by atoms with Crippen LogP contribution < -0.4 is 5.32 Å². The van der Waals surface area contributed by atoms with Crippen LogP contribution in [0.4, 0.5) is 5.13 Å². The molecule has 2 aromatic heterocycles. The molecule has 0 aliphatic rings. The lowest BCUT2D eigenvalue weighted by molar-refractivity contribution is 0.984. The van der Waals surface area contributed by atoms with Crippen molar-refractivity contribution in [3.8, 4) is 6.07 Å². The summed E-state index contributed by atoms with van der Waals surface area (Å²) in [4.78, 5) is 8.86. The van der Waals surface area contributed by atoms with Crippen molar-refractivity contribution in [2.75, 3.05) is 11.9 Å². The zero-order chi connectivity index (χ0) is 12.3. The SMILES string of the molecule is Cc1csc(CCNc2nc(Cl)c(C#N)s2)n1. The molecular formula is C10H9ClN4S2. The Kier molecular flexibility index (Phi) is 3.94. The summed E-state index contributed by atoms with van der Waals surface area (Å²) in [6, 6.07) is 2.00. The lowest BCUT2D eigenvalue weighted by Crippen LogP contribution is -2.04. The summed E-state index contributed by atoms with van der Waals surface area (Å²) < 4.78 is 0. The van der Waals surface area contributed by atoms with Crippen molar-refractivity contribution in [1.29, 1.82) is 5.26 Å². The van der Waals surface area contributed by atoms with Crippen LogP contribution in [0.1, 0.15) is 15.6 Å². The Hall–Kier alpha value is -1.16. The fourth-order valence-electron chi connectivity index (χ4n) is 1.24. The minimum Gasteiger partial charge on any atom is -0.361 e. The van der Waals surface area contributed by atoms with Gasteiger partial charge in [0, 0.05) is 24.0 Å². The minimum atomic E-state index is 0.269. The first-order chi connectivity index (χ1) is 8.19. The van der Waals surface area contributed by atoms with Crippen molar-refractivity contribution in [2.45, 2.75) is 13.3 Å². The van der Waals surface area contributed by atoms with Crippen LogP contribution in [-0.4, -0.2) is 16.5 Å². The van der Waals surface area contributed by atoms with Gasteiger partial charge in [0.15, 0.2) is 10.3 Å². The van der Waals surface area contributed by atoms with Gasteiger partial charge in [0.2, 0.25) is 0 Å². The Labute approximate surface area is 112 Å². The normalized spacial score (nSPS) is 10.2. The van der Waals surface area contributed by atoms with Crippen LogP contribution in [-0.2, 0) is 6.42 Å². The van der Waals surface area contributed by atoms with Gasteiger partial charge in [0.1, 0.15) is 10.9 Å². The highest BCUT2D eigenvalue weighted by Crippen LogP contribution is 2.25. The average molecular weight is 285 g/mol. The molecule has 0 aliphatic heterocycles. The summed E-state index contributed by atoms with van der Waals surface area (Å²) in [6.45, 7) is 2.72. The summed E-state index contributed by atoms with van der Waals surface area (Å²) in [5.41, 5.74) is 1.05. The van der Waals surface area contributed by atoms with E-state index in [1.165, 1.54) is 11.3 Å². The van der Waals surface area contributed by atoms with Gasteiger partial charge in [-0.25, -0.2) is 9.97 Å². The van der Waals surface area contributed by atoms with Crippen molar-refractivity contribution >= 4 is 39.4 Å². The molecule has 0 radical (unpaired) electrons. The number of rotatable bonds is 4. The third kappa shape index (κ3) is 3.16. The quantitative estimate of drug-likeness (QED) is 0.937. The molecule has 2 heterocycles. The van der Waals surface area contributed by atoms with Gasteiger partial charge in [0.25, 0.3) is 0 Å². The number of aryl methyl sites for hydroxylation is 1. The number of nitrogens with one attached hydrogen (secondary N) is 1. The Morgan fingerprint density at radius 3 is 2.94 bits per heavy atom. The first-order valence-corrected chi connectivity index (χ1v) is 6.97. The summed E-state index contributed by atoms with van der Waals surface area (Å²) >= 11 is 8.69. The van der Waals surface area contributed by atoms with Crippen LogP contribution in [0, 0.1) is 18.3 Å². The van der Waals surface area contributed by atoms with E-state index in [0.717, 1.165) is 23.7 Å². The first kappa shape index (κ1) is 12.3. The highest BCUT2D eigenvalue weighted by Gasteiger charge is 2.08. The minimum absolute atomic E-state index is 0.269. The maximum Gasteiger partial charge on any atom is 0.185 e. The van der Waals surface area contributed by atoms with Crippen LogP contribution >= 0.6 is 34.3 Å². The monoisotopic (exact) mass is 284 g/mol. The van der Waals surface area contributed by atoms with E-state index in [-0.39, 0.29) is 5.15 Å². The molecule has 4 nitrogen and oxygen atoms in total. The number of halogens is 1. The van der Waals surface area contributed by atoms with Crippen molar-refractivity contribution in [3.63, 3.8) is 0 Å². The van der Waals surface area contributed by atoms with Crippen LogP contribution in [0.15, 0.2) is 5.38 Å². The number of nitriles is 1. The summed E-state index contributed by atoms with van der Waals surface area (Å²) in [6.07, 6.45) is 0.845. The van der Waals surface area contributed by atoms with Crippen LogP contribution in [0.2, 0.25) is 5.15 Å². The Morgan fingerprint density at radius 1 is 1.53 bits per heavy atom. The molecule has 7 heteroatoms. The number of hydrogen-bond acceptors (Lipinski definition) is 6. The summed E-state index contributed by atoms with van der Waals surface area (Å²) in [5.74, 6) is 0. The predicted octanol–water partition coefficient (Wildman–Crippen LogP) is 3.09. The molecule has 0 bridgehead atoms. The second-order valence-electron chi connectivity index (χ2n) is 3.31. The molecule has 0 saturated heterocycles. The highest BCUT2D eigenvalue weighted by molar-refractivity contribution is 7.16. The highest BCUT2D eigenvalue weighted by atomic mass is 35.5. The smallest absolute Gasteiger partial charge is 0.185 e. The van der Waals surface area contributed by atoms with Gasteiger partial charge >= 0.3 is 0 Å². The molecule has 0 aromatic carbocycles. The molecule has 0 amide bonds. The molecule has 2 rings (SSSR count). The number of anilines is 1. The van der Waals surface area contributed by atoms with E-state index >= 15 is 0 Å². The number of aromatic nitrogens is 2. The van der Waals surface area contributed by atoms with E-state index in [1.54, 1.807) is 11.3 Å². The topological polar surface area (TPSA) is 61.6 Å². The molecule has 0 atom stereocenters. The van der Waals surface area contributed by atoms with Crippen LogP contribution in [0.5, 0.6) is 0 Å². The van der Waals surface area contributed by atoms with E-state index in [2.05, 4.69) is 15.3 Å². The number of thiazole rings is 2. The van der Waals surface area contributed by atoms with E-state index < -0.39 is 0 Å². The fourth-order valence-corrected chi connectivity index (χ4v) is 2.99. The molecule has 2 aromatic rings. The van der Waals surface area contributed by atoms with Gasteiger partial charge in [-0.05, 0) is 6.92 Å². The second kappa shape index (κ2) is 5.45. The van der Waals surface area contributed by atoms with Gasteiger partial charge in [-0.1, -0.05) is 22.9 Å². The molecule has 0 aliphatic carbocycles. The Bertz CT molecular complexity index is 555. The summed E-state index contributed by atoms with van der Waals surface area (Å²) in [5, 5.41) is 15.9. The van der Waals surface area contributed by atoms with Gasteiger partial charge in [-0.2, -0.15) is 5.26 Å². The molecule has 0 fully saturated rings. The summed E-state index contributed by atoms with van der Waals surface area (Å²) in [7, 11) is 0. The first-order valence-electron chi connectivity index (χ1n) is 4.90. The van der Waals surface area contributed by atoms with E-state index in [1.807, 2.05) is 18.4 Å². The fraction of sp³-hybridized carbons (Fsp3) is 0.300. The predicted molar refractivity (Wildman–Crippen MR) is 70.9 cm³/mol. The average Bonchev–Trinajstić information content (AvgIpc) is 2.85. The lowest BCUT2D eigenvalue weighted by atomic mass is 10.4. The molecule has 0 spiro atoms. The van der Waals surface area contributed by atoms with E-state index in [9.17, 15) is 0 Å². The molecule has 0 saturated carbocycles. The van der Waals surface area contributed by atoms with Crippen molar-refractivity contribution in [2.24, 2.45) is 0 Å². The van der Waals surface area contributed by atoms with Crippen LogP contribution in [0.3, 0.4) is 0 Å². The van der Waals surface area contributed by atoms with Crippen LogP contribution in [0.25, 0.3) is 0 Å². The zero-order valence-corrected chi connectivity index (χ0v) is 11.4. The van der Waals surface area contributed by atoms with Gasteiger partial charge in [0.05, 0.1) is 5.01 Å². The third-order valence-corrected chi connectivity index (χ3v) is 4.30. The Morgan fingerprint density at radius 2 is 2.35 bits per heavy atom. The molecular weight excluding hydrogens is 276 g/mol. The number of nitrogens with zero attached hydrogens (tertiary/aromatic N) is 3. The Balaban J connectivity index is 1.88. The van der Waals surface area contributed by atoms with E-state index in [4.69, 9.17) is 16.9 Å². The van der Waals surface area contributed by atoms with E-state index in [0.29, 0.717) is 10.0 Å². The standard InChI is InChI=1S/C10H9ClN4S2/c1-6-5-16-8(14-6)2-3-13-10-15-9(11)7(4-12)17-10/h5H,2-3H2,1H3,(H,13,15). The second-order valence-corrected chi connectivity index (χ2v) is 5.61. The van der Waals surface area contributed by atoms with Gasteiger partial charge in [-0.3, -0.25) is 0 Å². The maximum atomic E-state index is 8.74. The van der Waals surface area contributed by atoms with Gasteiger partial charge in [-0.15, -0.1) is 11.3 Å². The van der Waals surface area contributed by atoms with Gasteiger partial charge < -0.3 is 5.32 Å². The van der Waals surface area contributed by atoms with Crippen molar-refractivity contribution in [1.82, 2.24) is 9.97 Å². The maximum absolute atomic E-state index is 8.74. The lowest BCUT2D eigenvalue weighted by Gasteiger charge is -1.98. The zero-order valence-electron chi connectivity index (χ0n) is 9.03. The van der Waals surface area contributed by atoms with Crippen molar-refractivity contribution < 1.29 is 0 Å². The molecule has 1 N–H and O–H groups in total. The molecule has 0 unspecified atom stereocenters. The van der Waals surface area contributed by atoms with Crippen molar-refractivity contribution in [3.05, 3.63) is 26.1 Å².